The van der Waals surface area contributed by atoms with Crippen LogP contribution in [0.5, 0.6) is 0 Å². The number of amidine groups is 1. The summed E-state index contributed by atoms with van der Waals surface area (Å²) in [5, 5.41) is 6.22. The summed E-state index contributed by atoms with van der Waals surface area (Å²) in [6, 6.07) is 15.1. The number of carbonyl (C=O) groups is 1. The van der Waals surface area contributed by atoms with Crippen LogP contribution in [-0.2, 0) is 0 Å². The number of hydrogen-bond donors (Lipinski definition) is 2. The van der Waals surface area contributed by atoms with Crippen LogP contribution in [-0.4, -0.2) is 34.4 Å². The molecule has 2 N–H and O–H groups in total. The summed E-state index contributed by atoms with van der Waals surface area (Å²) in [6.45, 7) is 1.81. The molecular formula is C20H19N5O. The third-order valence-electron chi connectivity index (χ3n) is 4.25. The summed E-state index contributed by atoms with van der Waals surface area (Å²) in [6.07, 6.45) is 6.38. The van der Waals surface area contributed by atoms with Gasteiger partial charge in [-0.05, 0) is 55.0 Å². The van der Waals surface area contributed by atoms with Gasteiger partial charge in [-0.15, -0.1) is 0 Å². The van der Waals surface area contributed by atoms with Gasteiger partial charge in [-0.2, -0.15) is 0 Å². The van der Waals surface area contributed by atoms with E-state index in [-0.39, 0.29) is 5.91 Å². The Morgan fingerprint density at radius 2 is 1.88 bits per heavy atom. The van der Waals surface area contributed by atoms with E-state index in [0.29, 0.717) is 5.56 Å². The molecule has 4 rings (SSSR count). The average Bonchev–Trinajstić information content (AvgIpc) is 3.24. The number of rotatable bonds is 4. The molecule has 6 nitrogen and oxygen atoms in total. The van der Waals surface area contributed by atoms with E-state index in [1.54, 1.807) is 24.7 Å². The zero-order valence-electron chi connectivity index (χ0n) is 14.2. The van der Waals surface area contributed by atoms with Crippen molar-refractivity contribution >= 4 is 17.4 Å². The van der Waals surface area contributed by atoms with E-state index in [9.17, 15) is 4.79 Å². The van der Waals surface area contributed by atoms with Gasteiger partial charge in [0.25, 0.3) is 5.91 Å². The first-order valence-corrected chi connectivity index (χ1v) is 8.58. The second-order valence-corrected chi connectivity index (χ2v) is 6.06. The van der Waals surface area contributed by atoms with E-state index < -0.39 is 0 Å². The molecule has 26 heavy (non-hydrogen) atoms. The van der Waals surface area contributed by atoms with Gasteiger partial charge in [-0.3, -0.25) is 9.79 Å². The quantitative estimate of drug-likeness (QED) is 0.764. The number of carbonyl (C=O) groups excluding carboxylic acids is 1. The molecule has 2 heterocycles. The molecule has 0 fully saturated rings. The van der Waals surface area contributed by atoms with Crippen molar-refractivity contribution in [2.45, 2.75) is 6.42 Å². The Hall–Kier alpha value is -3.41. The smallest absolute Gasteiger partial charge is 0.255 e. The Balaban J connectivity index is 1.43. The highest BCUT2D eigenvalue weighted by atomic mass is 16.1. The summed E-state index contributed by atoms with van der Waals surface area (Å²) in [5.41, 5.74) is 3.36. The van der Waals surface area contributed by atoms with Crippen LogP contribution in [0.2, 0.25) is 0 Å². The molecule has 0 unspecified atom stereocenters. The van der Waals surface area contributed by atoms with Crippen molar-refractivity contribution in [2.24, 2.45) is 4.99 Å². The standard InChI is InChI=1S/C20H19N5O/c26-20(16-4-8-18(9-5-16)25-13-12-21-14-25)24-17-6-2-15(3-7-17)19-22-10-1-11-23-19/h2-9,12-14H,1,10-11H2,(H,22,23)(H,24,26). The number of benzene rings is 2. The number of nitrogens with one attached hydrogen (secondary N) is 2. The van der Waals surface area contributed by atoms with Gasteiger partial charge in [-0.1, -0.05) is 0 Å². The fourth-order valence-electron chi connectivity index (χ4n) is 2.84. The highest BCUT2D eigenvalue weighted by Gasteiger charge is 2.09. The summed E-state index contributed by atoms with van der Waals surface area (Å²) in [4.78, 5) is 20.9. The minimum atomic E-state index is -0.136. The average molecular weight is 345 g/mol. The molecule has 0 spiro atoms. The van der Waals surface area contributed by atoms with Gasteiger partial charge in [-0.25, -0.2) is 4.98 Å². The molecule has 6 heteroatoms. The number of hydrogen-bond acceptors (Lipinski definition) is 4. The predicted octanol–water partition coefficient (Wildman–Crippen LogP) is 2.86. The summed E-state index contributed by atoms with van der Waals surface area (Å²) >= 11 is 0. The van der Waals surface area contributed by atoms with Gasteiger partial charge >= 0.3 is 0 Å². The molecule has 0 bridgehead atoms. The van der Waals surface area contributed by atoms with Gasteiger partial charge in [0.2, 0.25) is 0 Å². The maximum Gasteiger partial charge on any atom is 0.255 e. The molecule has 1 amide bonds. The largest absolute Gasteiger partial charge is 0.370 e. The topological polar surface area (TPSA) is 71.3 Å². The Kier molecular flexibility index (Phi) is 4.47. The van der Waals surface area contributed by atoms with Crippen LogP contribution < -0.4 is 10.6 Å². The molecular weight excluding hydrogens is 326 g/mol. The zero-order chi connectivity index (χ0) is 17.8. The van der Waals surface area contributed by atoms with E-state index >= 15 is 0 Å². The molecule has 0 saturated heterocycles. The molecule has 130 valence electrons. The van der Waals surface area contributed by atoms with Crippen LogP contribution in [0, 0.1) is 0 Å². The fourth-order valence-corrected chi connectivity index (χ4v) is 2.84. The van der Waals surface area contributed by atoms with E-state index in [0.717, 1.165) is 42.3 Å². The van der Waals surface area contributed by atoms with Gasteiger partial charge in [0.15, 0.2) is 0 Å². The number of nitrogens with zero attached hydrogens (tertiary/aromatic N) is 3. The van der Waals surface area contributed by atoms with Gasteiger partial charge < -0.3 is 15.2 Å². The predicted molar refractivity (Wildman–Crippen MR) is 102 cm³/mol. The van der Waals surface area contributed by atoms with Crippen molar-refractivity contribution in [1.82, 2.24) is 14.9 Å². The van der Waals surface area contributed by atoms with Crippen molar-refractivity contribution in [1.29, 1.82) is 0 Å². The van der Waals surface area contributed by atoms with E-state index in [1.807, 2.05) is 47.2 Å². The third kappa shape index (κ3) is 3.49. The lowest BCUT2D eigenvalue weighted by Gasteiger charge is -2.15. The van der Waals surface area contributed by atoms with Crippen LogP contribution in [0.3, 0.4) is 0 Å². The normalized spacial score (nSPS) is 13.6. The lowest BCUT2D eigenvalue weighted by Crippen LogP contribution is -2.30. The SMILES string of the molecule is O=C(Nc1ccc(C2=NCCCN2)cc1)c1ccc(-n2ccnc2)cc1. The summed E-state index contributed by atoms with van der Waals surface area (Å²) < 4.78 is 1.89. The number of imidazole rings is 1. The second kappa shape index (κ2) is 7.23. The minimum absolute atomic E-state index is 0.136. The molecule has 0 atom stereocenters. The van der Waals surface area contributed by atoms with Gasteiger partial charge in [0.05, 0.1) is 6.33 Å². The maximum absolute atomic E-state index is 12.4. The lowest BCUT2D eigenvalue weighted by atomic mass is 10.1. The first-order chi connectivity index (χ1) is 12.8. The lowest BCUT2D eigenvalue weighted by molar-refractivity contribution is 0.102. The van der Waals surface area contributed by atoms with Crippen molar-refractivity contribution < 1.29 is 4.79 Å². The van der Waals surface area contributed by atoms with E-state index in [4.69, 9.17) is 0 Å². The zero-order valence-corrected chi connectivity index (χ0v) is 14.2. The maximum atomic E-state index is 12.4. The third-order valence-corrected chi connectivity index (χ3v) is 4.25. The highest BCUT2D eigenvalue weighted by Crippen LogP contribution is 2.14. The summed E-state index contributed by atoms with van der Waals surface area (Å²) in [7, 11) is 0. The fraction of sp³-hybridized carbons (Fsp3) is 0.150. The Labute approximate surface area is 151 Å². The highest BCUT2D eigenvalue weighted by molar-refractivity contribution is 6.05. The number of anilines is 1. The molecule has 1 aliphatic rings. The molecule has 2 aromatic carbocycles. The van der Waals surface area contributed by atoms with Crippen molar-refractivity contribution in [3.8, 4) is 5.69 Å². The molecule has 1 aliphatic heterocycles. The molecule has 0 radical (unpaired) electrons. The van der Waals surface area contributed by atoms with Crippen LogP contribution in [0.15, 0.2) is 72.2 Å². The van der Waals surface area contributed by atoms with Crippen molar-refractivity contribution in [3.63, 3.8) is 0 Å². The molecule has 0 aliphatic carbocycles. The van der Waals surface area contributed by atoms with E-state index in [1.165, 1.54) is 0 Å². The number of aromatic nitrogens is 2. The van der Waals surface area contributed by atoms with Crippen molar-refractivity contribution in [3.05, 3.63) is 78.4 Å². The molecule has 0 saturated carbocycles. The molecule has 1 aromatic heterocycles. The number of amides is 1. The van der Waals surface area contributed by atoms with Gasteiger partial charge in [0, 0.05) is 48.0 Å². The van der Waals surface area contributed by atoms with E-state index in [2.05, 4.69) is 20.6 Å². The monoisotopic (exact) mass is 345 g/mol. The van der Waals surface area contributed by atoms with Crippen LogP contribution >= 0.6 is 0 Å². The Bertz CT molecular complexity index is 912. The van der Waals surface area contributed by atoms with Crippen LogP contribution in [0.4, 0.5) is 5.69 Å². The minimum Gasteiger partial charge on any atom is -0.370 e. The second-order valence-electron chi connectivity index (χ2n) is 6.06. The van der Waals surface area contributed by atoms with Gasteiger partial charge in [0.1, 0.15) is 5.84 Å². The van der Waals surface area contributed by atoms with Crippen LogP contribution in [0.25, 0.3) is 5.69 Å². The molecule has 3 aromatic rings. The Morgan fingerprint density at radius 3 is 2.54 bits per heavy atom. The Morgan fingerprint density at radius 1 is 1.08 bits per heavy atom. The first-order valence-electron chi connectivity index (χ1n) is 8.58. The first kappa shape index (κ1) is 16.1. The number of aliphatic imine (C=N–C) groups is 1. The summed E-state index contributed by atoms with van der Waals surface area (Å²) in [5.74, 6) is 0.785. The van der Waals surface area contributed by atoms with Crippen molar-refractivity contribution in [2.75, 3.05) is 18.4 Å². The van der Waals surface area contributed by atoms with Crippen LogP contribution in [0.1, 0.15) is 22.3 Å².